The third kappa shape index (κ3) is 3.73. The quantitative estimate of drug-likeness (QED) is 0.806. The van der Waals surface area contributed by atoms with Crippen molar-refractivity contribution in [1.29, 1.82) is 0 Å². The molecule has 1 atom stereocenters. The smallest absolute Gasteiger partial charge is 0.156 e. The Morgan fingerprint density at radius 1 is 1.59 bits per heavy atom. The zero-order chi connectivity index (χ0) is 12.1. The largest absolute Gasteiger partial charge is 0.365 e. The van der Waals surface area contributed by atoms with Gasteiger partial charge < -0.3 is 5.32 Å². The van der Waals surface area contributed by atoms with Crippen LogP contribution in [0.2, 0.25) is 0 Å². The molecule has 1 aromatic heterocycles. The van der Waals surface area contributed by atoms with Gasteiger partial charge in [0.25, 0.3) is 0 Å². The molecular formula is C11H19N5S. The lowest BCUT2D eigenvalue weighted by molar-refractivity contribution is 0.555. The second-order valence-corrected chi connectivity index (χ2v) is 5.72. The highest BCUT2D eigenvalue weighted by atomic mass is 32.2. The molecule has 1 unspecified atom stereocenters. The summed E-state index contributed by atoms with van der Waals surface area (Å²) in [7, 11) is 0. The second kappa shape index (κ2) is 6.05. The first-order chi connectivity index (χ1) is 8.25. The molecule has 2 heterocycles. The number of nitrogens with one attached hydrogen (secondary N) is 1. The van der Waals surface area contributed by atoms with Crippen LogP contribution >= 0.6 is 11.8 Å². The summed E-state index contributed by atoms with van der Waals surface area (Å²) in [5.41, 5.74) is 0. The number of aliphatic imine (C=N–C) groups is 1. The minimum absolute atomic E-state index is 0.646. The van der Waals surface area contributed by atoms with Gasteiger partial charge in [0, 0.05) is 24.5 Å². The van der Waals surface area contributed by atoms with Gasteiger partial charge in [0.15, 0.2) is 5.17 Å². The van der Waals surface area contributed by atoms with Crippen LogP contribution in [0, 0.1) is 5.92 Å². The van der Waals surface area contributed by atoms with E-state index in [1.807, 2.05) is 22.6 Å². The SMILES string of the molecule is CC(C)C1CN=C(NCCCn2ccnn2)S1. The molecule has 0 amide bonds. The summed E-state index contributed by atoms with van der Waals surface area (Å²) in [6.07, 6.45) is 4.63. The minimum atomic E-state index is 0.646. The lowest BCUT2D eigenvalue weighted by Crippen LogP contribution is -2.22. The molecule has 0 spiro atoms. The molecule has 6 heteroatoms. The number of hydrogen-bond donors (Lipinski definition) is 1. The van der Waals surface area contributed by atoms with Gasteiger partial charge >= 0.3 is 0 Å². The highest BCUT2D eigenvalue weighted by Gasteiger charge is 2.21. The molecule has 17 heavy (non-hydrogen) atoms. The Bertz CT molecular complexity index is 360. The Balaban J connectivity index is 1.60. The van der Waals surface area contributed by atoms with Crippen molar-refractivity contribution in [3.63, 3.8) is 0 Å². The molecule has 2 rings (SSSR count). The summed E-state index contributed by atoms with van der Waals surface area (Å²) in [4.78, 5) is 4.51. The van der Waals surface area contributed by atoms with Gasteiger partial charge in [-0.15, -0.1) is 5.10 Å². The van der Waals surface area contributed by atoms with Gasteiger partial charge in [0.05, 0.1) is 12.7 Å². The van der Waals surface area contributed by atoms with E-state index in [9.17, 15) is 0 Å². The first-order valence-electron chi connectivity index (χ1n) is 6.05. The molecule has 5 nitrogen and oxygen atoms in total. The molecule has 0 fully saturated rings. The van der Waals surface area contributed by atoms with E-state index in [4.69, 9.17) is 0 Å². The Morgan fingerprint density at radius 3 is 3.12 bits per heavy atom. The molecule has 1 aliphatic rings. The highest BCUT2D eigenvalue weighted by Crippen LogP contribution is 2.25. The number of thioether (sulfide) groups is 1. The van der Waals surface area contributed by atoms with Crippen molar-refractivity contribution in [3.05, 3.63) is 12.4 Å². The number of nitrogens with zero attached hydrogens (tertiary/aromatic N) is 4. The summed E-state index contributed by atoms with van der Waals surface area (Å²) in [5, 5.41) is 12.8. The first kappa shape index (κ1) is 12.4. The normalized spacial score (nSPS) is 19.7. The number of hydrogen-bond acceptors (Lipinski definition) is 5. The molecule has 1 N–H and O–H groups in total. The third-order valence-electron chi connectivity index (χ3n) is 2.73. The fourth-order valence-electron chi connectivity index (χ4n) is 1.62. The van der Waals surface area contributed by atoms with E-state index in [1.54, 1.807) is 6.20 Å². The lowest BCUT2D eigenvalue weighted by Gasteiger charge is -2.12. The summed E-state index contributed by atoms with van der Waals surface area (Å²) in [5.74, 6) is 0.693. The van der Waals surface area contributed by atoms with Crippen molar-refractivity contribution >= 4 is 16.9 Å². The summed E-state index contributed by atoms with van der Waals surface area (Å²) in [6, 6.07) is 0. The predicted molar refractivity (Wildman–Crippen MR) is 71.2 cm³/mol. The van der Waals surface area contributed by atoms with E-state index >= 15 is 0 Å². The average Bonchev–Trinajstić information content (AvgIpc) is 2.96. The summed E-state index contributed by atoms with van der Waals surface area (Å²) < 4.78 is 1.85. The van der Waals surface area contributed by atoms with Gasteiger partial charge in [-0.25, -0.2) is 0 Å². The molecule has 94 valence electrons. The molecule has 0 bridgehead atoms. The molecule has 0 aliphatic carbocycles. The van der Waals surface area contributed by atoms with E-state index in [1.165, 1.54) is 0 Å². The van der Waals surface area contributed by atoms with E-state index in [-0.39, 0.29) is 0 Å². The van der Waals surface area contributed by atoms with Gasteiger partial charge in [0.1, 0.15) is 0 Å². The minimum Gasteiger partial charge on any atom is -0.365 e. The molecule has 0 saturated heterocycles. The molecule has 1 aromatic rings. The number of amidine groups is 1. The van der Waals surface area contributed by atoms with Crippen molar-refractivity contribution in [3.8, 4) is 0 Å². The topological polar surface area (TPSA) is 55.1 Å². The first-order valence-corrected chi connectivity index (χ1v) is 6.93. The van der Waals surface area contributed by atoms with Crippen LogP contribution in [0.3, 0.4) is 0 Å². The standard InChI is InChI=1S/C11H19N5S/c1-9(2)10-8-13-11(17-10)12-4-3-6-16-7-5-14-15-16/h5,7,9-10H,3-4,6,8H2,1-2H3,(H,12,13). The van der Waals surface area contributed by atoms with Gasteiger partial charge in [-0.05, 0) is 12.3 Å². The van der Waals surface area contributed by atoms with Crippen LogP contribution in [0.25, 0.3) is 0 Å². The van der Waals surface area contributed by atoms with Crippen molar-refractivity contribution in [2.24, 2.45) is 10.9 Å². The van der Waals surface area contributed by atoms with E-state index in [0.29, 0.717) is 11.2 Å². The van der Waals surface area contributed by atoms with Crippen LogP contribution in [-0.2, 0) is 6.54 Å². The monoisotopic (exact) mass is 253 g/mol. The summed E-state index contributed by atoms with van der Waals surface area (Å²) in [6.45, 7) is 7.30. The maximum Gasteiger partial charge on any atom is 0.156 e. The zero-order valence-electron chi connectivity index (χ0n) is 10.3. The van der Waals surface area contributed by atoms with Crippen LogP contribution in [0.1, 0.15) is 20.3 Å². The molecule has 0 radical (unpaired) electrons. The Hall–Kier alpha value is -1.04. The molecule has 0 aromatic carbocycles. The van der Waals surface area contributed by atoms with Crippen LogP contribution in [0.4, 0.5) is 0 Å². The highest BCUT2D eigenvalue weighted by molar-refractivity contribution is 8.14. The maximum absolute atomic E-state index is 4.51. The van der Waals surface area contributed by atoms with Gasteiger partial charge in [-0.2, -0.15) is 0 Å². The number of aromatic nitrogens is 3. The van der Waals surface area contributed by atoms with Crippen LogP contribution in [0.5, 0.6) is 0 Å². The average molecular weight is 253 g/mol. The van der Waals surface area contributed by atoms with Crippen molar-refractivity contribution < 1.29 is 0 Å². The van der Waals surface area contributed by atoms with Crippen molar-refractivity contribution in [2.75, 3.05) is 13.1 Å². The number of aryl methyl sites for hydroxylation is 1. The Morgan fingerprint density at radius 2 is 2.47 bits per heavy atom. The van der Waals surface area contributed by atoms with E-state index in [2.05, 4.69) is 34.5 Å². The van der Waals surface area contributed by atoms with Gasteiger partial charge in [-0.1, -0.05) is 30.8 Å². The van der Waals surface area contributed by atoms with Gasteiger partial charge in [-0.3, -0.25) is 9.67 Å². The fourth-order valence-corrected chi connectivity index (χ4v) is 2.67. The third-order valence-corrected chi connectivity index (χ3v) is 4.23. The summed E-state index contributed by atoms with van der Waals surface area (Å²) >= 11 is 1.87. The lowest BCUT2D eigenvalue weighted by atomic mass is 10.1. The predicted octanol–water partition coefficient (Wildman–Crippen LogP) is 1.39. The van der Waals surface area contributed by atoms with E-state index < -0.39 is 0 Å². The molecule has 0 saturated carbocycles. The van der Waals surface area contributed by atoms with Crippen molar-refractivity contribution in [2.45, 2.75) is 32.1 Å². The van der Waals surface area contributed by atoms with E-state index in [0.717, 1.165) is 31.2 Å². The van der Waals surface area contributed by atoms with Crippen LogP contribution < -0.4 is 5.32 Å². The van der Waals surface area contributed by atoms with Gasteiger partial charge in [0.2, 0.25) is 0 Å². The zero-order valence-corrected chi connectivity index (χ0v) is 11.2. The van der Waals surface area contributed by atoms with Crippen LogP contribution in [0.15, 0.2) is 17.4 Å². The van der Waals surface area contributed by atoms with Crippen LogP contribution in [-0.4, -0.2) is 38.5 Å². The Kier molecular flexibility index (Phi) is 4.42. The number of rotatable bonds is 5. The Labute approximate surface area is 106 Å². The van der Waals surface area contributed by atoms with Crippen molar-refractivity contribution in [1.82, 2.24) is 20.3 Å². The molecule has 1 aliphatic heterocycles. The second-order valence-electron chi connectivity index (χ2n) is 4.49. The maximum atomic E-state index is 4.51. The molecular weight excluding hydrogens is 234 g/mol. The fraction of sp³-hybridized carbons (Fsp3) is 0.727.